The number of aryl methyl sites for hydroxylation is 1. The van der Waals surface area contributed by atoms with Crippen molar-refractivity contribution in [2.24, 2.45) is 0 Å². The molecule has 0 radical (unpaired) electrons. The lowest BCUT2D eigenvalue weighted by molar-refractivity contribution is -0.118. The molecular formula is C14H18FNO2. The number of benzene rings is 1. The summed E-state index contributed by atoms with van der Waals surface area (Å²) in [6, 6.07) is 4.61. The van der Waals surface area contributed by atoms with Crippen LogP contribution in [0.2, 0.25) is 0 Å². The Morgan fingerprint density at radius 2 is 2.06 bits per heavy atom. The fraction of sp³-hybridized carbons (Fsp3) is 0.500. The van der Waals surface area contributed by atoms with Gasteiger partial charge in [0.25, 0.3) is 0 Å². The molecule has 0 fully saturated rings. The van der Waals surface area contributed by atoms with Crippen LogP contribution < -0.4 is 4.90 Å². The molecule has 3 nitrogen and oxygen atoms in total. The van der Waals surface area contributed by atoms with Crippen molar-refractivity contribution in [3.63, 3.8) is 0 Å². The molecule has 0 unspecified atom stereocenters. The summed E-state index contributed by atoms with van der Waals surface area (Å²) in [6.45, 7) is 0.840. The van der Waals surface area contributed by atoms with Crippen LogP contribution in [-0.4, -0.2) is 24.2 Å². The van der Waals surface area contributed by atoms with E-state index in [2.05, 4.69) is 0 Å². The number of halogens is 1. The first kappa shape index (κ1) is 13.0. The zero-order chi connectivity index (χ0) is 13.0. The minimum atomic E-state index is -0.247. The minimum Gasteiger partial charge on any atom is -0.396 e. The number of aliphatic hydroxyl groups is 1. The second kappa shape index (κ2) is 5.96. The summed E-state index contributed by atoms with van der Waals surface area (Å²) in [7, 11) is 0. The van der Waals surface area contributed by atoms with Crippen LogP contribution in [0.1, 0.15) is 31.2 Å². The third kappa shape index (κ3) is 2.88. The van der Waals surface area contributed by atoms with Crippen LogP contribution in [0.25, 0.3) is 0 Å². The van der Waals surface area contributed by atoms with E-state index in [0.29, 0.717) is 19.4 Å². The number of nitrogens with zero attached hydrogens (tertiary/aromatic N) is 1. The quantitative estimate of drug-likeness (QED) is 0.815. The molecule has 18 heavy (non-hydrogen) atoms. The van der Waals surface area contributed by atoms with Crippen LogP contribution in [0.3, 0.4) is 0 Å². The molecule has 0 atom stereocenters. The van der Waals surface area contributed by atoms with Gasteiger partial charge < -0.3 is 10.0 Å². The summed E-state index contributed by atoms with van der Waals surface area (Å²) in [5.74, 6) is -0.138. The summed E-state index contributed by atoms with van der Waals surface area (Å²) >= 11 is 0. The predicted molar refractivity (Wildman–Crippen MR) is 68.0 cm³/mol. The number of hydrogen-bond acceptors (Lipinski definition) is 2. The number of unbranched alkanes of at least 4 members (excludes halogenated alkanes) is 2. The highest BCUT2D eigenvalue weighted by Crippen LogP contribution is 2.28. The molecule has 1 aromatic carbocycles. The summed E-state index contributed by atoms with van der Waals surface area (Å²) in [6.07, 6.45) is 3.60. The van der Waals surface area contributed by atoms with Crippen molar-refractivity contribution in [1.29, 1.82) is 0 Å². The Hall–Kier alpha value is -1.42. The van der Waals surface area contributed by atoms with Crippen LogP contribution >= 0.6 is 0 Å². The van der Waals surface area contributed by atoms with Crippen molar-refractivity contribution >= 4 is 11.6 Å². The normalized spacial score (nSPS) is 14.8. The van der Waals surface area contributed by atoms with E-state index in [9.17, 15) is 9.18 Å². The van der Waals surface area contributed by atoms with Crippen molar-refractivity contribution in [3.8, 4) is 0 Å². The highest BCUT2D eigenvalue weighted by molar-refractivity contribution is 5.96. The standard InChI is InChI=1S/C14H18FNO2/c15-12-5-6-13-11(10-12)4-7-14(18)16(13)8-2-1-3-9-17/h5-6,10,17H,1-4,7-9H2. The first-order valence-electron chi connectivity index (χ1n) is 6.42. The van der Waals surface area contributed by atoms with E-state index in [1.807, 2.05) is 0 Å². The van der Waals surface area contributed by atoms with Crippen molar-refractivity contribution in [1.82, 2.24) is 0 Å². The minimum absolute atomic E-state index is 0.109. The van der Waals surface area contributed by atoms with Crippen molar-refractivity contribution in [2.75, 3.05) is 18.1 Å². The van der Waals surface area contributed by atoms with Crippen LogP contribution in [0.5, 0.6) is 0 Å². The maximum Gasteiger partial charge on any atom is 0.227 e. The van der Waals surface area contributed by atoms with E-state index in [1.165, 1.54) is 12.1 Å². The maximum absolute atomic E-state index is 13.1. The van der Waals surface area contributed by atoms with E-state index in [1.54, 1.807) is 11.0 Å². The van der Waals surface area contributed by atoms with Gasteiger partial charge in [0, 0.05) is 25.3 Å². The zero-order valence-corrected chi connectivity index (χ0v) is 10.4. The van der Waals surface area contributed by atoms with Crippen molar-refractivity contribution in [2.45, 2.75) is 32.1 Å². The van der Waals surface area contributed by atoms with E-state index in [4.69, 9.17) is 5.11 Å². The molecule has 1 N–H and O–H groups in total. The highest BCUT2D eigenvalue weighted by atomic mass is 19.1. The third-order valence-corrected chi connectivity index (χ3v) is 3.28. The van der Waals surface area contributed by atoms with Gasteiger partial charge in [0.1, 0.15) is 5.82 Å². The molecule has 1 aliphatic rings. The monoisotopic (exact) mass is 251 g/mol. The van der Waals surface area contributed by atoms with Gasteiger partial charge in [-0.25, -0.2) is 4.39 Å². The summed E-state index contributed by atoms with van der Waals surface area (Å²) < 4.78 is 13.1. The lowest BCUT2D eigenvalue weighted by atomic mass is 10.0. The molecule has 0 aliphatic carbocycles. The molecule has 1 amide bonds. The van der Waals surface area contributed by atoms with Gasteiger partial charge in [-0.15, -0.1) is 0 Å². The summed E-state index contributed by atoms with van der Waals surface area (Å²) in [5, 5.41) is 8.72. The second-order valence-corrected chi connectivity index (χ2v) is 4.60. The Bertz CT molecular complexity index is 434. The Balaban J connectivity index is 2.08. The Labute approximate surface area is 106 Å². The number of carbonyl (C=O) groups excluding carboxylic acids is 1. The predicted octanol–water partition coefficient (Wildman–Crippen LogP) is 2.27. The third-order valence-electron chi connectivity index (χ3n) is 3.28. The van der Waals surface area contributed by atoms with Crippen LogP contribution in [0.15, 0.2) is 18.2 Å². The van der Waals surface area contributed by atoms with Gasteiger partial charge in [0.05, 0.1) is 0 Å². The van der Waals surface area contributed by atoms with Crippen LogP contribution in [-0.2, 0) is 11.2 Å². The molecule has 1 heterocycles. The Kier molecular flexibility index (Phi) is 4.31. The maximum atomic E-state index is 13.1. The number of fused-ring (bicyclic) bond motifs is 1. The van der Waals surface area contributed by atoms with E-state index < -0.39 is 0 Å². The van der Waals surface area contributed by atoms with Crippen LogP contribution in [0, 0.1) is 5.82 Å². The van der Waals surface area contributed by atoms with Gasteiger partial charge in [-0.3, -0.25) is 4.79 Å². The number of carbonyl (C=O) groups is 1. The van der Waals surface area contributed by atoms with Crippen molar-refractivity contribution < 1.29 is 14.3 Å². The van der Waals surface area contributed by atoms with Gasteiger partial charge in [0.2, 0.25) is 5.91 Å². The lowest BCUT2D eigenvalue weighted by Gasteiger charge is -2.29. The molecule has 0 saturated carbocycles. The van der Waals surface area contributed by atoms with Gasteiger partial charge in [-0.1, -0.05) is 0 Å². The average Bonchev–Trinajstić information content (AvgIpc) is 2.37. The topological polar surface area (TPSA) is 40.5 Å². The first-order valence-corrected chi connectivity index (χ1v) is 6.42. The van der Waals surface area contributed by atoms with Gasteiger partial charge in [-0.05, 0) is 49.4 Å². The van der Waals surface area contributed by atoms with Gasteiger partial charge in [-0.2, -0.15) is 0 Å². The SMILES string of the molecule is O=C1CCc2cc(F)ccc2N1CCCCCO. The molecule has 0 spiro atoms. The molecule has 1 aliphatic heterocycles. The zero-order valence-electron chi connectivity index (χ0n) is 10.4. The van der Waals surface area contributed by atoms with E-state index in [0.717, 1.165) is 30.5 Å². The first-order chi connectivity index (χ1) is 8.72. The number of hydrogen-bond donors (Lipinski definition) is 1. The largest absolute Gasteiger partial charge is 0.396 e. The molecule has 2 rings (SSSR count). The van der Waals surface area contributed by atoms with Crippen LogP contribution in [0.4, 0.5) is 10.1 Å². The number of anilines is 1. The Morgan fingerprint density at radius 1 is 1.22 bits per heavy atom. The average molecular weight is 251 g/mol. The molecule has 98 valence electrons. The number of amides is 1. The number of aliphatic hydroxyl groups excluding tert-OH is 1. The molecule has 0 saturated heterocycles. The van der Waals surface area contributed by atoms with Gasteiger partial charge in [0.15, 0.2) is 0 Å². The van der Waals surface area contributed by atoms with E-state index in [-0.39, 0.29) is 18.3 Å². The smallest absolute Gasteiger partial charge is 0.227 e. The Morgan fingerprint density at radius 3 is 2.83 bits per heavy atom. The summed E-state index contributed by atoms with van der Waals surface area (Å²) in [4.78, 5) is 13.6. The van der Waals surface area contributed by atoms with Crippen molar-refractivity contribution in [3.05, 3.63) is 29.6 Å². The molecule has 0 aromatic heterocycles. The molecule has 0 bridgehead atoms. The highest BCUT2D eigenvalue weighted by Gasteiger charge is 2.23. The fourth-order valence-corrected chi connectivity index (χ4v) is 2.33. The van der Waals surface area contributed by atoms with Gasteiger partial charge >= 0.3 is 0 Å². The number of rotatable bonds is 5. The molecular weight excluding hydrogens is 233 g/mol. The second-order valence-electron chi connectivity index (χ2n) is 4.60. The summed E-state index contributed by atoms with van der Waals surface area (Å²) in [5.41, 5.74) is 1.76. The molecule has 4 heteroatoms. The lowest BCUT2D eigenvalue weighted by Crippen LogP contribution is -2.35. The molecule has 1 aromatic rings. The van der Waals surface area contributed by atoms with E-state index >= 15 is 0 Å². The fourth-order valence-electron chi connectivity index (χ4n) is 2.33.